The summed E-state index contributed by atoms with van der Waals surface area (Å²) in [6.45, 7) is 0.753. The molecule has 0 bridgehead atoms. The molecule has 0 fully saturated rings. The number of benzene rings is 1. The van der Waals surface area contributed by atoms with Gasteiger partial charge in [-0.1, -0.05) is 30.3 Å². The maximum Gasteiger partial charge on any atom is 0.129 e. The third kappa shape index (κ3) is 2.54. The van der Waals surface area contributed by atoms with E-state index in [-0.39, 0.29) is 0 Å². The molecule has 4 heteroatoms. The van der Waals surface area contributed by atoms with Crippen LogP contribution < -0.4 is 4.74 Å². The monoisotopic (exact) mass is 265 g/mol. The number of methoxy groups -OCH3 is 1. The molecular weight excluding hydrogens is 250 g/mol. The van der Waals surface area contributed by atoms with Crippen LogP contribution in [0.1, 0.15) is 5.56 Å². The molecule has 100 valence electrons. The lowest BCUT2D eigenvalue weighted by Gasteiger charge is -2.05. The van der Waals surface area contributed by atoms with E-state index < -0.39 is 0 Å². The Bertz CT molecular complexity index is 692. The zero-order chi connectivity index (χ0) is 13.8. The van der Waals surface area contributed by atoms with Crippen molar-refractivity contribution in [3.8, 4) is 16.9 Å². The molecule has 0 amide bonds. The minimum Gasteiger partial charge on any atom is -0.496 e. The van der Waals surface area contributed by atoms with Gasteiger partial charge in [0.15, 0.2) is 0 Å². The predicted molar refractivity (Wildman–Crippen MR) is 77.6 cm³/mol. The zero-order valence-corrected chi connectivity index (χ0v) is 11.2. The van der Waals surface area contributed by atoms with E-state index >= 15 is 0 Å². The van der Waals surface area contributed by atoms with Crippen LogP contribution in [0.3, 0.4) is 0 Å². The van der Waals surface area contributed by atoms with Gasteiger partial charge in [0.05, 0.1) is 19.9 Å². The SMILES string of the molecule is COc1ccncc1-c1cnn(Cc2ccccc2)c1. The van der Waals surface area contributed by atoms with Crippen molar-refractivity contribution in [3.63, 3.8) is 0 Å². The van der Waals surface area contributed by atoms with E-state index in [1.165, 1.54) is 5.56 Å². The van der Waals surface area contributed by atoms with Crippen molar-refractivity contribution in [2.75, 3.05) is 7.11 Å². The number of hydrogen-bond acceptors (Lipinski definition) is 3. The molecule has 4 nitrogen and oxygen atoms in total. The lowest BCUT2D eigenvalue weighted by molar-refractivity contribution is 0.416. The van der Waals surface area contributed by atoms with E-state index in [0.717, 1.165) is 23.4 Å². The second-order valence-electron chi connectivity index (χ2n) is 4.49. The Balaban J connectivity index is 1.87. The first-order valence-electron chi connectivity index (χ1n) is 6.41. The molecule has 3 aromatic rings. The van der Waals surface area contributed by atoms with Crippen molar-refractivity contribution in [1.29, 1.82) is 0 Å². The van der Waals surface area contributed by atoms with Crippen LogP contribution in [-0.4, -0.2) is 21.9 Å². The number of nitrogens with zero attached hydrogens (tertiary/aromatic N) is 3. The van der Waals surface area contributed by atoms with Gasteiger partial charge in [-0.2, -0.15) is 5.10 Å². The van der Waals surface area contributed by atoms with Crippen molar-refractivity contribution in [2.45, 2.75) is 6.54 Å². The molecule has 3 rings (SSSR count). The van der Waals surface area contributed by atoms with Crippen molar-refractivity contribution in [1.82, 2.24) is 14.8 Å². The summed E-state index contributed by atoms with van der Waals surface area (Å²) in [6, 6.07) is 12.1. The van der Waals surface area contributed by atoms with Gasteiger partial charge in [-0.05, 0) is 11.6 Å². The average molecular weight is 265 g/mol. The molecule has 0 atom stereocenters. The number of ether oxygens (including phenoxy) is 1. The molecule has 0 N–H and O–H groups in total. The van der Waals surface area contributed by atoms with E-state index in [4.69, 9.17) is 4.74 Å². The Morgan fingerprint density at radius 3 is 2.75 bits per heavy atom. The van der Waals surface area contributed by atoms with Gasteiger partial charge in [0.1, 0.15) is 5.75 Å². The van der Waals surface area contributed by atoms with E-state index in [0.29, 0.717) is 0 Å². The van der Waals surface area contributed by atoms with Crippen LogP contribution in [0.5, 0.6) is 5.75 Å². The summed E-state index contributed by atoms with van der Waals surface area (Å²) < 4.78 is 7.26. The van der Waals surface area contributed by atoms with Gasteiger partial charge in [0, 0.05) is 29.7 Å². The molecule has 0 spiro atoms. The normalized spacial score (nSPS) is 10.4. The molecule has 0 saturated carbocycles. The van der Waals surface area contributed by atoms with Crippen LogP contribution in [0, 0.1) is 0 Å². The molecule has 0 aliphatic carbocycles. The predicted octanol–water partition coefficient (Wildman–Crippen LogP) is 3.00. The van der Waals surface area contributed by atoms with Crippen molar-refractivity contribution < 1.29 is 4.74 Å². The average Bonchev–Trinajstić information content (AvgIpc) is 2.96. The molecule has 1 aromatic carbocycles. The van der Waals surface area contributed by atoms with Gasteiger partial charge in [0.25, 0.3) is 0 Å². The number of hydrogen-bond donors (Lipinski definition) is 0. The summed E-state index contributed by atoms with van der Waals surface area (Å²) >= 11 is 0. The van der Waals surface area contributed by atoms with E-state index in [1.807, 2.05) is 41.3 Å². The summed E-state index contributed by atoms with van der Waals surface area (Å²) in [6.07, 6.45) is 7.36. The fourth-order valence-electron chi connectivity index (χ4n) is 2.14. The van der Waals surface area contributed by atoms with Gasteiger partial charge >= 0.3 is 0 Å². The van der Waals surface area contributed by atoms with Crippen LogP contribution in [0.4, 0.5) is 0 Å². The second kappa shape index (κ2) is 5.57. The minimum absolute atomic E-state index is 0.753. The molecule has 2 aromatic heterocycles. The summed E-state index contributed by atoms with van der Waals surface area (Å²) in [5.74, 6) is 0.805. The fraction of sp³-hybridized carbons (Fsp3) is 0.125. The summed E-state index contributed by atoms with van der Waals surface area (Å²) in [5, 5.41) is 4.40. The van der Waals surface area contributed by atoms with Crippen LogP contribution in [-0.2, 0) is 6.54 Å². The van der Waals surface area contributed by atoms with Crippen molar-refractivity contribution >= 4 is 0 Å². The van der Waals surface area contributed by atoms with Crippen molar-refractivity contribution in [3.05, 3.63) is 66.7 Å². The standard InChI is InChI=1S/C16H15N3O/c1-20-16-7-8-17-10-15(16)14-9-18-19(12-14)11-13-5-3-2-4-6-13/h2-10,12H,11H2,1H3. The maximum atomic E-state index is 5.35. The Labute approximate surface area is 117 Å². The molecule has 0 radical (unpaired) electrons. The van der Waals surface area contributed by atoms with Crippen LogP contribution in [0.25, 0.3) is 11.1 Å². The summed E-state index contributed by atoms with van der Waals surface area (Å²) in [7, 11) is 1.66. The highest BCUT2D eigenvalue weighted by molar-refractivity contribution is 5.67. The van der Waals surface area contributed by atoms with E-state index in [2.05, 4.69) is 22.2 Å². The van der Waals surface area contributed by atoms with Crippen LogP contribution in [0.15, 0.2) is 61.2 Å². The van der Waals surface area contributed by atoms with Crippen molar-refractivity contribution in [2.24, 2.45) is 0 Å². The van der Waals surface area contributed by atoms with E-state index in [1.54, 1.807) is 19.5 Å². The molecular formula is C16H15N3O. The van der Waals surface area contributed by atoms with Gasteiger partial charge < -0.3 is 4.74 Å². The fourth-order valence-corrected chi connectivity index (χ4v) is 2.14. The highest BCUT2D eigenvalue weighted by Gasteiger charge is 2.08. The third-order valence-electron chi connectivity index (χ3n) is 3.13. The first kappa shape index (κ1) is 12.4. The quantitative estimate of drug-likeness (QED) is 0.728. The summed E-state index contributed by atoms with van der Waals surface area (Å²) in [4.78, 5) is 4.15. The summed E-state index contributed by atoms with van der Waals surface area (Å²) in [5.41, 5.74) is 3.18. The first-order valence-corrected chi connectivity index (χ1v) is 6.41. The maximum absolute atomic E-state index is 5.35. The third-order valence-corrected chi connectivity index (χ3v) is 3.13. The van der Waals surface area contributed by atoms with Crippen LogP contribution in [0.2, 0.25) is 0 Å². The lowest BCUT2D eigenvalue weighted by Crippen LogP contribution is -1.99. The molecule has 2 heterocycles. The van der Waals surface area contributed by atoms with Gasteiger partial charge in [0.2, 0.25) is 0 Å². The lowest BCUT2D eigenvalue weighted by atomic mass is 10.1. The van der Waals surface area contributed by atoms with Crippen LogP contribution >= 0.6 is 0 Å². The number of pyridine rings is 1. The molecule has 0 aliphatic rings. The Morgan fingerprint density at radius 2 is 1.95 bits per heavy atom. The highest BCUT2D eigenvalue weighted by Crippen LogP contribution is 2.28. The van der Waals surface area contributed by atoms with Gasteiger partial charge in [-0.15, -0.1) is 0 Å². The molecule has 0 saturated heterocycles. The largest absolute Gasteiger partial charge is 0.496 e. The minimum atomic E-state index is 0.753. The molecule has 20 heavy (non-hydrogen) atoms. The molecule has 0 unspecified atom stereocenters. The smallest absolute Gasteiger partial charge is 0.129 e. The molecule has 0 aliphatic heterocycles. The zero-order valence-electron chi connectivity index (χ0n) is 11.2. The Morgan fingerprint density at radius 1 is 1.10 bits per heavy atom. The topological polar surface area (TPSA) is 39.9 Å². The Hall–Kier alpha value is -2.62. The van der Waals surface area contributed by atoms with E-state index in [9.17, 15) is 0 Å². The Kier molecular flexibility index (Phi) is 3.46. The van der Waals surface area contributed by atoms with Gasteiger partial charge in [-0.3, -0.25) is 9.67 Å². The second-order valence-corrected chi connectivity index (χ2v) is 4.49. The highest BCUT2D eigenvalue weighted by atomic mass is 16.5. The van der Waals surface area contributed by atoms with Gasteiger partial charge in [-0.25, -0.2) is 0 Å². The first-order chi connectivity index (χ1) is 9.86. The number of rotatable bonds is 4. The number of aromatic nitrogens is 3.